The van der Waals surface area contributed by atoms with Crippen LogP contribution in [0.4, 0.5) is 0 Å². The number of hydrogen-bond acceptors (Lipinski definition) is 4. The summed E-state index contributed by atoms with van der Waals surface area (Å²) in [4.78, 5) is 27.5. The summed E-state index contributed by atoms with van der Waals surface area (Å²) in [6, 6.07) is 6.32. The fourth-order valence-electron chi connectivity index (χ4n) is 4.55. The number of nitrogens with one attached hydrogen (secondary N) is 2. The van der Waals surface area contributed by atoms with Gasteiger partial charge in [-0.1, -0.05) is 32.3 Å². The molecule has 1 aliphatic carbocycles. The molecule has 2 fully saturated rings. The predicted molar refractivity (Wildman–Crippen MR) is 120 cm³/mol. The Morgan fingerprint density at radius 2 is 1.90 bits per heavy atom. The summed E-state index contributed by atoms with van der Waals surface area (Å²) in [6.07, 6.45) is 7.22. The Kier molecular flexibility index (Phi) is 8.11. The predicted octanol–water partition coefficient (Wildman–Crippen LogP) is 3.06. The molecular weight excluding hydrogens is 414 g/mol. The van der Waals surface area contributed by atoms with E-state index in [2.05, 4.69) is 17.0 Å². The number of nitrogens with zero attached hydrogens (tertiary/aromatic N) is 1. The summed E-state index contributed by atoms with van der Waals surface area (Å²) < 4.78 is 28.3. The molecule has 1 aliphatic heterocycles. The summed E-state index contributed by atoms with van der Waals surface area (Å²) in [6.45, 7) is 5.02. The van der Waals surface area contributed by atoms with E-state index in [0.29, 0.717) is 18.7 Å². The monoisotopic (exact) mass is 449 g/mol. The smallest absolute Gasteiger partial charge is 0.253 e. The number of carbonyl (C=O) groups excluding carboxylic acids is 2. The average molecular weight is 450 g/mol. The molecule has 1 aromatic carbocycles. The van der Waals surface area contributed by atoms with Gasteiger partial charge in [0.15, 0.2) is 0 Å². The molecule has 8 heteroatoms. The van der Waals surface area contributed by atoms with Crippen LogP contribution in [0.15, 0.2) is 29.2 Å². The Hall–Kier alpha value is -1.93. The number of hydrogen-bond donors (Lipinski definition) is 2. The first-order valence-electron chi connectivity index (χ1n) is 11.5. The van der Waals surface area contributed by atoms with Gasteiger partial charge < -0.3 is 10.2 Å². The fourth-order valence-corrected chi connectivity index (χ4v) is 5.90. The van der Waals surface area contributed by atoms with E-state index >= 15 is 0 Å². The number of likely N-dealkylation sites (tertiary alicyclic amines) is 1. The van der Waals surface area contributed by atoms with Gasteiger partial charge in [-0.15, -0.1) is 0 Å². The SMILES string of the molecule is CCC[C@H](C)NC(=O)[C@H]1CCCN(C(=O)c2cccc(S(=O)(=O)NC3CCCC3)c2)C1. The quantitative estimate of drug-likeness (QED) is 0.638. The second kappa shape index (κ2) is 10.6. The maximum absolute atomic E-state index is 13.1. The van der Waals surface area contributed by atoms with E-state index < -0.39 is 10.0 Å². The van der Waals surface area contributed by atoms with E-state index in [9.17, 15) is 18.0 Å². The lowest BCUT2D eigenvalue weighted by atomic mass is 9.96. The van der Waals surface area contributed by atoms with Crippen molar-refractivity contribution in [3.05, 3.63) is 29.8 Å². The van der Waals surface area contributed by atoms with Crippen LogP contribution in [0.25, 0.3) is 0 Å². The molecule has 2 aliphatic rings. The van der Waals surface area contributed by atoms with Gasteiger partial charge in [-0.05, 0) is 57.2 Å². The van der Waals surface area contributed by atoms with Crippen LogP contribution >= 0.6 is 0 Å². The van der Waals surface area contributed by atoms with Crippen molar-refractivity contribution < 1.29 is 18.0 Å². The third-order valence-electron chi connectivity index (χ3n) is 6.26. The third kappa shape index (κ3) is 6.29. The molecule has 3 rings (SSSR count). The van der Waals surface area contributed by atoms with E-state index in [1.165, 1.54) is 12.1 Å². The lowest BCUT2D eigenvalue weighted by molar-refractivity contribution is -0.127. The van der Waals surface area contributed by atoms with Crippen molar-refractivity contribution in [1.29, 1.82) is 0 Å². The maximum Gasteiger partial charge on any atom is 0.253 e. The summed E-state index contributed by atoms with van der Waals surface area (Å²) in [5.41, 5.74) is 0.342. The first-order valence-corrected chi connectivity index (χ1v) is 13.0. The summed E-state index contributed by atoms with van der Waals surface area (Å²) in [5.74, 6) is -0.458. The lowest BCUT2D eigenvalue weighted by Gasteiger charge is -2.32. The minimum Gasteiger partial charge on any atom is -0.353 e. The van der Waals surface area contributed by atoms with Gasteiger partial charge in [-0.3, -0.25) is 9.59 Å². The Balaban J connectivity index is 1.66. The van der Waals surface area contributed by atoms with Gasteiger partial charge in [0.2, 0.25) is 15.9 Å². The second-order valence-electron chi connectivity index (χ2n) is 8.92. The van der Waals surface area contributed by atoms with Gasteiger partial charge in [-0.25, -0.2) is 13.1 Å². The first-order chi connectivity index (χ1) is 14.8. The fraction of sp³-hybridized carbons (Fsp3) is 0.652. The van der Waals surface area contributed by atoms with Crippen LogP contribution in [0, 0.1) is 5.92 Å². The summed E-state index contributed by atoms with van der Waals surface area (Å²) in [5, 5.41) is 3.05. The zero-order valence-electron chi connectivity index (χ0n) is 18.6. The molecule has 1 saturated heterocycles. The second-order valence-corrected chi connectivity index (χ2v) is 10.6. The van der Waals surface area contributed by atoms with Crippen LogP contribution in [-0.2, 0) is 14.8 Å². The highest BCUT2D eigenvalue weighted by atomic mass is 32.2. The van der Waals surface area contributed by atoms with Crippen LogP contribution in [0.2, 0.25) is 0 Å². The first kappa shape index (κ1) is 23.7. The van der Waals surface area contributed by atoms with E-state index in [1.807, 2.05) is 6.92 Å². The van der Waals surface area contributed by atoms with Crippen LogP contribution < -0.4 is 10.0 Å². The topological polar surface area (TPSA) is 95.6 Å². The molecule has 0 spiro atoms. The number of rotatable bonds is 8. The molecule has 2 atom stereocenters. The Labute approximate surface area is 186 Å². The van der Waals surface area contributed by atoms with E-state index in [0.717, 1.165) is 51.4 Å². The minimum atomic E-state index is -3.66. The lowest BCUT2D eigenvalue weighted by Crippen LogP contribution is -2.47. The number of piperidine rings is 1. The Morgan fingerprint density at radius 3 is 2.61 bits per heavy atom. The normalized spacial score (nSPS) is 21.1. The summed E-state index contributed by atoms with van der Waals surface area (Å²) in [7, 11) is -3.66. The van der Waals surface area contributed by atoms with Gasteiger partial charge in [0.25, 0.3) is 5.91 Å². The van der Waals surface area contributed by atoms with Crippen LogP contribution in [0.5, 0.6) is 0 Å². The molecule has 0 radical (unpaired) electrons. The van der Waals surface area contributed by atoms with Crippen LogP contribution in [0.1, 0.15) is 75.6 Å². The third-order valence-corrected chi connectivity index (χ3v) is 7.78. The Bertz CT molecular complexity index is 881. The molecule has 1 heterocycles. The molecule has 2 N–H and O–H groups in total. The molecule has 0 aromatic heterocycles. The number of amides is 2. The van der Waals surface area contributed by atoms with E-state index in [4.69, 9.17) is 0 Å². The van der Waals surface area contributed by atoms with Crippen molar-refractivity contribution >= 4 is 21.8 Å². The largest absolute Gasteiger partial charge is 0.353 e. The number of benzene rings is 1. The molecule has 7 nitrogen and oxygen atoms in total. The zero-order valence-corrected chi connectivity index (χ0v) is 19.4. The molecule has 1 aromatic rings. The summed E-state index contributed by atoms with van der Waals surface area (Å²) >= 11 is 0. The zero-order chi connectivity index (χ0) is 22.4. The molecule has 2 amide bonds. The average Bonchev–Trinajstić information content (AvgIpc) is 3.26. The van der Waals surface area contributed by atoms with Gasteiger partial charge in [0, 0.05) is 30.7 Å². The van der Waals surface area contributed by atoms with Crippen molar-refractivity contribution in [2.24, 2.45) is 5.92 Å². The van der Waals surface area contributed by atoms with Crippen molar-refractivity contribution in [1.82, 2.24) is 14.9 Å². The molecule has 31 heavy (non-hydrogen) atoms. The highest BCUT2D eigenvalue weighted by molar-refractivity contribution is 7.89. The van der Waals surface area contributed by atoms with Crippen molar-refractivity contribution in [2.45, 2.75) is 82.2 Å². The molecular formula is C23H35N3O4S. The van der Waals surface area contributed by atoms with Crippen molar-refractivity contribution in [3.8, 4) is 0 Å². The molecule has 1 saturated carbocycles. The number of carbonyl (C=O) groups is 2. The van der Waals surface area contributed by atoms with Gasteiger partial charge in [-0.2, -0.15) is 0 Å². The minimum absolute atomic E-state index is 0.00413. The highest BCUT2D eigenvalue weighted by Gasteiger charge is 2.30. The molecule has 0 unspecified atom stereocenters. The van der Waals surface area contributed by atoms with Gasteiger partial charge in [0.05, 0.1) is 10.8 Å². The molecule has 172 valence electrons. The Morgan fingerprint density at radius 1 is 1.16 bits per heavy atom. The maximum atomic E-state index is 13.1. The van der Waals surface area contributed by atoms with Crippen molar-refractivity contribution in [2.75, 3.05) is 13.1 Å². The molecule has 0 bridgehead atoms. The van der Waals surface area contributed by atoms with Crippen LogP contribution in [-0.4, -0.2) is 50.3 Å². The number of sulfonamides is 1. The van der Waals surface area contributed by atoms with Gasteiger partial charge >= 0.3 is 0 Å². The van der Waals surface area contributed by atoms with Crippen molar-refractivity contribution in [3.63, 3.8) is 0 Å². The van der Waals surface area contributed by atoms with E-state index in [-0.39, 0.29) is 34.7 Å². The van der Waals surface area contributed by atoms with E-state index in [1.54, 1.807) is 17.0 Å². The van der Waals surface area contributed by atoms with Crippen LogP contribution in [0.3, 0.4) is 0 Å². The highest BCUT2D eigenvalue weighted by Crippen LogP contribution is 2.23. The standard InChI is InChI=1S/C23H35N3O4S/c1-3-8-17(2)24-22(27)19-10-7-14-26(16-19)23(28)18-9-6-13-21(15-18)31(29,30)25-20-11-4-5-12-20/h6,9,13,15,17,19-20,25H,3-5,7-8,10-12,14,16H2,1-2H3,(H,24,27)/t17-,19-/m0/s1. The van der Waals surface area contributed by atoms with Gasteiger partial charge in [0.1, 0.15) is 0 Å².